The van der Waals surface area contributed by atoms with Gasteiger partial charge in [-0.2, -0.15) is 0 Å². The molecule has 0 aromatic heterocycles. The first-order valence-electron chi connectivity index (χ1n) is 12.5. The molecule has 0 spiro atoms. The zero-order valence-corrected chi connectivity index (χ0v) is 26.2. The van der Waals surface area contributed by atoms with Gasteiger partial charge in [-0.3, -0.25) is 0 Å². The van der Waals surface area contributed by atoms with Crippen molar-refractivity contribution >= 4 is 65.8 Å². The van der Waals surface area contributed by atoms with Gasteiger partial charge in [-0.25, -0.2) is 0 Å². The molecule has 188 valence electrons. The first-order valence-corrected chi connectivity index (χ1v) is 17.6. The van der Waals surface area contributed by atoms with Crippen LogP contribution in [0.15, 0.2) is 102 Å². The van der Waals surface area contributed by atoms with Gasteiger partial charge in [-0.05, 0) is 0 Å². The number of hydrogen-bond donors (Lipinski definition) is 0. The molecule has 0 heterocycles. The van der Waals surface area contributed by atoms with Crippen molar-refractivity contribution in [1.82, 2.24) is 0 Å². The van der Waals surface area contributed by atoms with E-state index in [2.05, 4.69) is 142 Å². The number of para-hydroxylation sites is 1. The Labute approximate surface area is 234 Å². The third kappa shape index (κ3) is 6.37. The van der Waals surface area contributed by atoms with E-state index in [4.69, 9.17) is 15.0 Å². The van der Waals surface area contributed by atoms with E-state index in [0.717, 1.165) is 11.5 Å². The molecule has 4 aromatic carbocycles. The van der Waals surface area contributed by atoms with E-state index in [1.165, 1.54) is 38.3 Å². The van der Waals surface area contributed by atoms with E-state index in [-0.39, 0.29) is 5.41 Å². The average molecular weight is 586 g/mol. The van der Waals surface area contributed by atoms with Gasteiger partial charge in [0.25, 0.3) is 0 Å². The first-order chi connectivity index (χ1) is 17.7. The van der Waals surface area contributed by atoms with Crippen LogP contribution in [0.5, 0.6) is 0 Å². The molecule has 0 N–H and O–H groups in total. The van der Waals surface area contributed by atoms with Crippen LogP contribution in [-0.4, -0.2) is 20.6 Å². The van der Waals surface area contributed by atoms with E-state index in [9.17, 15) is 0 Å². The summed E-state index contributed by atoms with van der Waals surface area (Å²) in [5.74, 6) is 1.01. The second-order valence-corrected chi connectivity index (χ2v) is 14.7. The fourth-order valence-electron chi connectivity index (χ4n) is 4.71. The summed E-state index contributed by atoms with van der Waals surface area (Å²) in [5, 5.41) is 3.89. The summed E-state index contributed by atoms with van der Waals surface area (Å²) in [6.07, 6.45) is 0. The molecule has 4 aromatic rings. The molecule has 0 atom stereocenters. The molecule has 37 heavy (non-hydrogen) atoms. The van der Waals surface area contributed by atoms with Gasteiger partial charge < -0.3 is 0 Å². The van der Waals surface area contributed by atoms with E-state index < -0.39 is 22.6 Å². The van der Waals surface area contributed by atoms with Crippen LogP contribution < -0.4 is 19.8 Å². The summed E-state index contributed by atoms with van der Waals surface area (Å²) in [5.41, 5.74) is 5.75. The molecule has 0 fully saturated rings. The van der Waals surface area contributed by atoms with Crippen molar-refractivity contribution in [3.05, 3.63) is 114 Å². The van der Waals surface area contributed by atoms with Crippen LogP contribution in [0.3, 0.4) is 0 Å². The summed E-state index contributed by atoms with van der Waals surface area (Å²) < 4.78 is 2.32. The van der Waals surface area contributed by atoms with Crippen LogP contribution in [0.2, 0.25) is 0 Å². The van der Waals surface area contributed by atoms with Crippen LogP contribution >= 0.6 is 17.9 Å². The van der Waals surface area contributed by atoms with Gasteiger partial charge in [0.2, 0.25) is 0 Å². The molecule has 0 aliphatic rings. The first kappa shape index (κ1) is 27.6. The number of hydrogen-bond acceptors (Lipinski definition) is 1. The summed E-state index contributed by atoms with van der Waals surface area (Å²) in [4.78, 5) is 5.46. The quantitative estimate of drug-likeness (QED) is 0.0979. The zero-order chi connectivity index (χ0) is 26.6. The molecular formula is C32H34ClGeN2P. The molecule has 2 radical (unpaired) electrons. The number of halogens is 1. The third-order valence-electron chi connectivity index (χ3n) is 6.20. The van der Waals surface area contributed by atoms with Gasteiger partial charge >= 0.3 is 235 Å². The molecule has 0 bridgehead atoms. The number of anilines is 1. The minimum atomic E-state index is -0.976. The number of amidine groups is 1. The Morgan fingerprint density at radius 1 is 0.757 bits per heavy atom. The second-order valence-electron chi connectivity index (χ2n) is 10.3. The SMILES string of the molecule is Cc1cc(C)c([N]([Ge][Cl])C(=Nc2ccccc2P(c2ccccc2)c2ccccc2)C(C)(C)C)c(C)c1. The van der Waals surface area contributed by atoms with Gasteiger partial charge in [0.1, 0.15) is 0 Å². The van der Waals surface area contributed by atoms with Gasteiger partial charge in [0.05, 0.1) is 0 Å². The maximum atomic E-state index is 6.82. The predicted molar refractivity (Wildman–Crippen MR) is 166 cm³/mol. The van der Waals surface area contributed by atoms with Crippen LogP contribution in [-0.2, 0) is 0 Å². The summed E-state index contributed by atoms with van der Waals surface area (Å²) in [6.45, 7) is 13.2. The average Bonchev–Trinajstić information content (AvgIpc) is 2.86. The molecule has 4 rings (SSSR count). The van der Waals surface area contributed by atoms with Crippen molar-refractivity contribution in [2.45, 2.75) is 41.5 Å². The Kier molecular flexibility index (Phi) is 8.96. The van der Waals surface area contributed by atoms with Crippen LogP contribution in [0.1, 0.15) is 37.5 Å². The number of benzene rings is 4. The Hall–Kier alpha value is -2.39. The predicted octanol–water partition coefficient (Wildman–Crippen LogP) is 7.73. The third-order valence-corrected chi connectivity index (χ3v) is 10.8. The van der Waals surface area contributed by atoms with E-state index in [1.54, 1.807) is 0 Å². The van der Waals surface area contributed by atoms with Crippen LogP contribution in [0.25, 0.3) is 0 Å². The Morgan fingerprint density at radius 2 is 1.24 bits per heavy atom. The van der Waals surface area contributed by atoms with E-state index in [1.807, 2.05) is 0 Å². The Bertz CT molecular complexity index is 1320. The second kappa shape index (κ2) is 12.0. The normalized spacial score (nSPS) is 12.2. The number of rotatable bonds is 6. The van der Waals surface area contributed by atoms with Crippen molar-refractivity contribution in [3.63, 3.8) is 0 Å². The molecule has 0 aliphatic carbocycles. The molecule has 0 unspecified atom stereocenters. The van der Waals surface area contributed by atoms with Gasteiger partial charge in [0.15, 0.2) is 0 Å². The van der Waals surface area contributed by atoms with Crippen molar-refractivity contribution in [2.24, 2.45) is 10.4 Å². The summed E-state index contributed by atoms with van der Waals surface area (Å²) in [7, 11) is 6.04. The van der Waals surface area contributed by atoms with Crippen LogP contribution in [0.4, 0.5) is 11.4 Å². The van der Waals surface area contributed by atoms with Crippen molar-refractivity contribution in [2.75, 3.05) is 3.86 Å². The van der Waals surface area contributed by atoms with Crippen molar-refractivity contribution in [3.8, 4) is 0 Å². The standard InChI is InChI=1S/C32H34ClGeN2P/c1-23-21-24(2)30(25(3)22-23)36(34-33)31(32(4,5)6)35-28-19-13-14-20-29(28)37(26-15-9-7-10-16-26)27-17-11-8-12-18-27/h7-22H,1-6H3. The van der Waals surface area contributed by atoms with E-state index in [0.29, 0.717) is 0 Å². The summed E-state index contributed by atoms with van der Waals surface area (Å²) >= 11 is -0.976. The van der Waals surface area contributed by atoms with Crippen molar-refractivity contribution in [1.29, 1.82) is 0 Å². The molecule has 0 aliphatic heterocycles. The maximum absolute atomic E-state index is 6.82. The topological polar surface area (TPSA) is 15.6 Å². The molecule has 0 saturated heterocycles. The molecule has 2 nitrogen and oxygen atoms in total. The number of aryl methyl sites for hydroxylation is 3. The summed E-state index contributed by atoms with van der Waals surface area (Å²) in [6, 6.07) is 34.7. The van der Waals surface area contributed by atoms with Crippen LogP contribution in [0, 0.1) is 26.2 Å². The van der Waals surface area contributed by atoms with Crippen molar-refractivity contribution < 1.29 is 0 Å². The number of nitrogens with zero attached hydrogens (tertiary/aromatic N) is 2. The van der Waals surface area contributed by atoms with E-state index >= 15 is 0 Å². The molecular weight excluding hydrogens is 551 g/mol. The minimum absolute atomic E-state index is 0.197. The molecule has 0 amide bonds. The van der Waals surface area contributed by atoms with Gasteiger partial charge in [-0.15, -0.1) is 0 Å². The Morgan fingerprint density at radius 3 is 1.73 bits per heavy atom. The fraction of sp³-hybridized carbons (Fsp3) is 0.219. The fourth-order valence-corrected chi connectivity index (χ4v) is 9.84. The zero-order valence-electron chi connectivity index (χ0n) is 22.5. The molecule has 5 heteroatoms. The molecule has 0 saturated carbocycles. The van der Waals surface area contributed by atoms with Gasteiger partial charge in [-0.1, -0.05) is 0 Å². The van der Waals surface area contributed by atoms with Gasteiger partial charge in [0, 0.05) is 0 Å². The Balaban J connectivity index is 1.94. The number of aliphatic imine (C=N–C) groups is 1. The monoisotopic (exact) mass is 586 g/mol.